The molecule has 0 fully saturated rings. The van der Waals surface area contributed by atoms with Gasteiger partial charge in [0, 0.05) is 30.2 Å². The van der Waals surface area contributed by atoms with Crippen LogP contribution in [0.4, 0.5) is 10.1 Å². The van der Waals surface area contributed by atoms with E-state index in [4.69, 9.17) is 0 Å². The molecule has 0 amide bonds. The van der Waals surface area contributed by atoms with Gasteiger partial charge in [-0.05, 0) is 42.0 Å². The molecule has 27 heavy (non-hydrogen) atoms. The molecular formula is C21H17FN2O3. The van der Waals surface area contributed by atoms with E-state index in [1.54, 1.807) is 10.6 Å². The summed E-state index contributed by atoms with van der Waals surface area (Å²) in [5.41, 5.74) is 1.71. The minimum Gasteiger partial charge on any atom is -0.477 e. The fourth-order valence-electron chi connectivity index (χ4n) is 2.68. The van der Waals surface area contributed by atoms with E-state index in [0.29, 0.717) is 17.9 Å². The maximum atomic E-state index is 13.3. The standard InChI is InChI=1S/C21H17FN2O3/c1-2-11-23-16-7-3-14(4-8-16)19-12-20(25)18(21(26)27)13-24(19)17-9-5-15(22)6-10-17/h2-10,12-13,23H,1,11H2,(H,26,27). The summed E-state index contributed by atoms with van der Waals surface area (Å²) in [6, 6.07) is 14.2. The van der Waals surface area contributed by atoms with Gasteiger partial charge in [-0.3, -0.25) is 4.79 Å². The van der Waals surface area contributed by atoms with Gasteiger partial charge in [-0.2, -0.15) is 0 Å². The minimum atomic E-state index is -1.31. The number of nitrogens with one attached hydrogen (secondary N) is 1. The number of aromatic carboxylic acids is 1. The highest BCUT2D eigenvalue weighted by atomic mass is 19.1. The van der Waals surface area contributed by atoms with Gasteiger partial charge in [-0.1, -0.05) is 18.2 Å². The average molecular weight is 364 g/mol. The van der Waals surface area contributed by atoms with Crippen LogP contribution in [0.15, 0.2) is 78.2 Å². The summed E-state index contributed by atoms with van der Waals surface area (Å²) in [7, 11) is 0. The second kappa shape index (κ2) is 7.70. The van der Waals surface area contributed by atoms with Crippen LogP contribution in [0.1, 0.15) is 10.4 Å². The van der Waals surface area contributed by atoms with Gasteiger partial charge in [-0.25, -0.2) is 9.18 Å². The summed E-state index contributed by atoms with van der Waals surface area (Å²) in [4.78, 5) is 23.6. The number of halogens is 1. The number of carboxylic acids is 1. The predicted octanol–water partition coefficient (Wildman–Crippen LogP) is 3.94. The first kappa shape index (κ1) is 18.1. The topological polar surface area (TPSA) is 71.3 Å². The molecule has 3 aromatic rings. The number of carboxylic acid groups (broad SMARTS) is 1. The van der Waals surface area contributed by atoms with Crippen LogP contribution in [0.5, 0.6) is 0 Å². The molecule has 6 heteroatoms. The smallest absolute Gasteiger partial charge is 0.341 e. The van der Waals surface area contributed by atoms with Crippen LogP contribution >= 0.6 is 0 Å². The Balaban J connectivity index is 2.14. The Labute approximate surface area is 155 Å². The van der Waals surface area contributed by atoms with Crippen molar-refractivity contribution in [3.05, 3.63) is 95.1 Å². The van der Waals surface area contributed by atoms with E-state index < -0.39 is 17.2 Å². The normalized spacial score (nSPS) is 10.4. The molecule has 0 aliphatic carbocycles. The van der Waals surface area contributed by atoms with E-state index in [2.05, 4.69) is 11.9 Å². The van der Waals surface area contributed by atoms with Crippen molar-refractivity contribution >= 4 is 11.7 Å². The lowest BCUT2D eigenvalue weighted by Crippen LogP contribution is -2.18. The summed E-state index contributed by atoms with van der Waals surface area (Å²) in [6.45, 7) is 4.27. The predicted molar refractivity (Wildman–Crippen MR) is 103 cm³/mol. The Morgan fingerprint density at radius 3 is 2.41 bits per heavy atom. The van der Waals surface area contributed by atoms with Crippen LogP contribution in [0.25, 0.3) is 16.9 Å². The molecular weight excluding hydrogens is 347 g/mol. The number of carbonyl (C=O) groups is 1. The van der Waals surface area contributed by atoms with Gasteiger partial charge in [0.25, 0.3) is 0 Å². The van der Waals surface area contributed by atoms with Crippen molar-refractivity contribution in [3.63, 3.8) is 0 Å². The van der Waals surface area contributed by atoms with Crippen LogP contribution < -0.4 is 10.7 Å². The highest BCUT2D eigenvalue weighted by Crippen LogP contribution is 2.24. The Hall–Kier alpha value is -3.67. The molecule has 0 atom stereocenters. The van der Waals surface area contributed by atoms with Gasteiger partial charge in [0.15, 0.2) is 5.43 Å². The van der Waals surface area contributed by atoms with Crippen molar-refractivity contribution in [3.8, 4) is 16.9 Å². The number of benzene rings is 2. The second-order valence-electron chi connectivity index (χ2n) is 5.84. The summed E-state index contributed by atoms with van der Waals surface area (Å²) in [6.07, 6.45) is 3.00. The maximum Gasteiger partial charge on any atom is 0.341 e. The molecule has 0 saturated heterocycles. The molecule has 1 aromatic heterocycles. The third-order valence-corrected chi connectivity index (χ3v) is 4.02. The monoisotopic (exact) mass is 364 g/mol. The number of hydrogen-bond donors (Lipinski definition) is 2. The zero-order valence-corrected chi connectivity index (χ0v) is 14.4. The van der Waals surface area contributed by atoms with Crippen molar-refractivity contribution in [2.24, 2.45) is 0 Å². The highest BCUT2D eigenvalue weighted by Gasteiger charge is 2.15. The first-order chi connectivity index (χ1) is 13.0. The first-order valence-electron chi connectivity index (χ1n) is 8.21. The molecule has 0 aliphatic heterocycles. The van der Waals surface area contributed by atoms with Gasteiger partial charge < -0.3 is 15.0 Å². The fourth-order valence-corrected chi connectivity index (χ4v) is 2.68. The molecule has 2 N–H and O–H groups in total. The molecule has 136 valence electrons. The zero-order chi connectivity index (χ0) is 19.4. The maximum absolute atomic E-state index is 13.3. The van der Waals surface area contributed by atoms with E-state index in [-0.39, 0.29) is 5.56 Å². The SMILES string of the molecule is C=CCNc1ccc(-c2cc(=O)c(C(=O)O)cn2-c2ccc(F)cc2)cc1. The molecule has 0 spiro atoms. The van der Waals surface area contributed by atoms with Gasteiger partial charge in [0.2, 0.25) is 0 Å². The lowest BCUT2D eigenvalue weighted by molar-refractivity contribution is 0.0695. The minimum absolute atomic E-state index is 0.354. The molecule has 2 aromatic carbocycles. The first-order valence-corrected chi connectivity index (χ1v) is 8.21. The largest absolute Gasteiger partial charge is 0.477 e. The quantitative estimate of drug-likeness (QED) is 0.650. The van der Waals surface area contributed by atoms with Crippen molar-refractivity contribution in [1.29, 1.82) is 0 Å². The summed E-state index contributed by atoms with van der Waals surface area (Å²) < 4.78 is 14.8. The lowest BCUT2D eigenvalue weighted by Gasteiger charge is -2.15. The third kappa shape index (κ3) is 3.95. The molecule has 0 aliphatic rings. The van der Waals surface area contributed by atoms with Crippen molar-refractivity contribution in [2.45, 2.75) is 0 Å². The molecule has 5 nitrogen and oxygen atoms in total. The average Bonchev–Trinajstić information content (AvgIpc) is 2.67. The van der Waals surface area contributed by atoms with Gasteiger partial charge in [0.1, 0.15) is 11.4 Å². The number of hydrogen-bond acceptors (Lipinski definition) is 3. The fraction of sp³-hybridized carbons (Fsp3) is 0.0476. The number of rotatable bonds is 6. The van der Waals surface area contributed by atoms with Crippen LogP contribution in [0.3, 0.4) is 0 Å². The molecule has 0 radical (unpaired) electrons. The van der Waals surface area contributed by atoms with E-state index in [1.165, 1.54) is 36.5 Å². The zero-order valence-electron chi connectivity index (χ0n) is 14.4. The number of aromatic nitrogens is 1. The molecule has 0 saturated carbocycles. The lowest BCUT2D eigenvalue weighted by atomic mass is 10.1. The van der Waals surface area contributed by atoms with Crippen molar-refractivity contribution in [1.82, 2.24) is 4.57 Å². The molecule has 0 unspecified atom stereocenters. The Morgan fingerprint density at radius 1 is 1.15 bits per heavy atom. The summed E-state index contributed by atoms with van der Waals surface area (Å²) >= 11 is 0. The highest BCUT2D eigenvalue weighted by molar-refractivity contribution is 5.87. The van der Waals surface area contributed by atoms with Crippen LogP contribution in [0, 0.1) is 5.82 Å². The Bertz CT molecular complexity index is 1040. The van der Waals surface area contributed by atoms with Gasteiger partial charge in [-0.15, -0.1) is 6.58 Å². The van der Waals surface area contributed by atoms with Crippen molar-refractivity contribution in [2.75, 3.05) is 11.9 Å². The molecule has 0 bridgehead atoms. The van der Waals surface area contributed by atoms with E-state index in [9.17, 15) is 19.1 Å². The molecule has 1 heterocycles. The second-order valence-corrected chi connectivity index (χ2v) is 5.84. The Kier molecular flexibility index (Phi) is 5.17. The van der Waals surface area contributed by atoms with Crippen LogP contribution in [-0.4, -0.2) is 22.2 Å². The Morgan fingerprint density at radius 2 is 1.81 bits per heavy atom. The van der Waals surface area contributed by atoms with E-state index in [0.717, 1.165) is 11.3 Å². The number of anilines is 1. The van der Waals surface area contributed by atoms with E-state index in [1.807, 2.05) is 24.3 Å². The summed E-state index contributed by atoms with van der Waals surface area (Å²) in [5.74, 6) is -1.72. The summed E-state index contributed by atoms with van der Waals surface area (Å²) in [5, 5.41) is 12.4. The van der Waals surface area contributed by atoms with E-state index >= 15 is 0 Å². The van der Waals surface area contributed by atoms with Gasteiger partial charge >= 0.3 is 5.97 Å². The van der Waals surface area contributed by atoms with Crippen LogP contribution in [-0.2, 0) is 0 Å². The van der Waals surface area contributed by atoms with Crippen LogP contribution in [0.2, 0.25) is 0 Å². The third-order valence-electron chi connectivity index (χ3n) is 4.02. The number of pyridine rings is 1. The molecule has 3 rings (SSSR count). The van der Waals surface area contributed by atoms with Crippen molar-refractivity contribution < 1.29 is 14.3 Å². The number of nitrogens with zero attached hydrogens (tertiary/aromatic N) is 1. The van der Waals surface area contributed by atoms with Gasteiger partial charge in [0.05, 0.1) is 5.69 Å².